The van der Waals surface area contributed by atoms with Gasteiger partial charge in [0.2, 0.25) is 0 Å². The van der Waals surface area contributed by atoms with Crippen LogP contribution in [0.4, 0.5) is 11.4 Å². The second kappa shape index (κ2) is 4.34. The Balaban J connectivity index is 2.23. The molecule has 3 heteroatoms. The topological polar surface area (TPSA) is 38.5 Å². The number of nitrogens with two attached hydrogens (primary N) is 1. The van der Waals surface area contributed by atoms with E-state index in [9.17, 15) is 0 Å². The maximum atomic E-state index is 5.77. The van der Waals surface area contributed by atoms with Crippen molar-refractivity contribution in [1.29, 1.82) is 0 Å². The van der Waals surface area contributed by atoms with Crippen LogP contribution in [0.1, 0.15) is 19.4 Å². The summed E-state index contributed by atoms with van der Waals surface area (Å²) >= 11 is 0. The van der Waals surface area contributed by atoms with Crippen molar-refractivity contribution in [3.8, 4) is 0 Å². The third-order valence-corrected chi connectivity index (χ3v) is 2.98. The molecule has 3 nitrogen and oxygen atoms in total. The number of nitrogen functional groups attached to an aromatic ring is 1. The van der Waals surface area contributed by atoms with E-state index in [1.165, 1.54) is 11.3 Å². The molecule has 1 fully saturated rings. The summed E-state index contributed by atoms with van der Waals surface area (Å²) in [4.78, 5) is 2.38. The fraction of sp³-hybridized carbons (Fsp3) is 0.538. The molecule has 88 valence electrons. The van der Waals surface area contributed by atoms with E-state index < -0.39 is 0 Å². The highest BCUT2D eigenvalue weighted by Crippen LogP contribution is 2.25. The van der Waals surface area contributed by atoms with E-state index >= 15 is 0 Å². The van der Waals surface area contributed by atoms with E-state index in [1.54, 1.807) is 0 Å². The maximum Gasteiger partial charge on any atom is 0.0726 e. The first-order chi connectivity index (χ1) is 7.56. The Bertz CT molecular complexity index is 368. The van der Waals surface area contributed by atoms with Crippen LogP contribution in [0.15, 0.2) is 18.2 Å². The third-order valence-electron chi connectivity index (χ3n) is 2.98. The number of rotatable bonds is 1. The van der Waals surface area contributed by atoms with Crippen LogP contribution < -0.4 is 10.6 Å². The monoisotopic (exact) mass is 220 g/mol. The van der Waals surface area contributed by atoms with Crippen LogP contribution >= 0.6 is 0 Å². The normalized spacial score (nSPS) is 25.8. The average molecular weight is 220 g/mol. The quantitative estimate of drug-likeness (QED) is 0.737. The second-order valence-electron chi connectivity index (χ2n) is 4.71. The molecule has 1 aromatic rings. The molecule has 0 unspecified atom stereocenters. The molecule has 1 saturated heterocycles. The molecule has 0 aliphatic carbocycles. The number of morpholine rings is 1. The Hall–Kier alpha value is -1.22. The molecule has 2 rings (SSSR count). The fourth-order valence-corrected chi connectivity index (χ4v) is 2.41. The predicted octanol–water partition coefficient (Wildman–Crippen LogP) is 2.19. The van der Waals surface area contributed by atoms with Gasteiger partial charge in [0.15, 0.2) is 0 Å². The largest absolute Gasteiger partial charge is 0.399 e. The van der Waals surface area contributed by atoms with Crippen LogP contribution in [-0.4, -0.2) is 25.3 Å². The smallest absolute Gasteiger partial charge is 0.0726 e. The van der Waals surface area contributed by atoms with Crippen LogP contribution in [-0.2, 0) is 4.74 Å². The predicted molar refractivity (Wildman–Crippen MR) is 67.8 cm³/mol. The van der Waals surface area contributed by atoms with Crippen molar-refractivity contribution in [3.63, 3.8) is 0 Å². The zero-order chi connectivity index (χ0) is 11.7. The first kappa shape index (κ1) is 11.3. The first-order valence-corrected chi connectivity index (χ1v) is 5.83. The number of aryl methyl sites for hydroxylation is 1. The molecule has 0 amide bonds. The van der Waals surface area contributed by atoms with Crippen LogP contribution in [0.5, 0.6) is 0 Å². The van der Waals surface area contributed by atoms with E-state index in [4.69, 9.17) is 10.5 Å². The van der Waals surface area contributed by atoms with Gasteiger partial charge >= 0.3 is 0 Å². The second-order valence-corrected chi connectivity index (χ2v) is 4.71. The summed E-state index contributed by atoms with van der Waals surface area (Å²) in [5, 5.41) is 0. The van der Waals surface area contributed by atoms with Gasteiger partial charge in [-0.15, -0.1) is 0 Å². The molecule has 1 aromatic carbocycles. The summed E-state index contributed by atoms with van der Waals surface area (Å²) in [7, 11) is 0. The minimum absolute atomic E-state index is 0.292. The lowest BCUT2D eigenvalue weighted by atomic mass is 10.1. The van der Waals surface area contributed by atoms with Gasteiger partial charge in [-0.25, -0.2) is 0 Å². The van der Waals surface area contributed by atoms with Gasteiger partial charge in [0, 0.05) is 24.5 Å². The van der Waals surface area contributed by atoms with Gasteiger partial charge in [0.05, 0.1) is 12.2 Å². The third kappa shape index (κ3) is 2.30. The number of hydrogen-bond acceptors (Lipinski definition) is 3. The Morgan fingerprint density at radius 2 is 1.88 bits per heavy atom. The highest BCUT2D eigenvalue weighted by atomic mass is 16.5. The molecule has 1 aliphatic heterocycles. The van der Waals surface area contributed by atoms with Crippen LogP contribution in [0.25, 0.3) is 0 Å². The number of hydrogen-bond donors (Lipinski definition) is 1. The van der Waals surface area contributed by atoms with Crippen molar-refractivity contribution < 1.29 is 4.74 Å². The SMILES string of the molecule is Cc1cc(N)ccc1N1C[C@@H](C)O[C@H](C)C1. The van der Waals surface area contributed by atoms with Gasteiger partial charge < -0.3 is 15.4 Å². The van der Waals surface area contributed by atoms with Crippen molar-refractivity contribution in [1.82, 2.24) is 0 Å². The Morgan fingerprint density at radius 3 is 2.44 bits per heavy atom. The van der Waals surface area contributed by atoms with Gasteiger partial charge in [-0.3, -0.25) is 0 Å². The molecule has 0 aromatic heterocycles. The first-order valence-electron chi connectivity index (χ1n) is 5.83. The molecule has 0 spiro atoms. The van der Waals surface area contributed by atoms with Gasteiger partial charge in [-0.2, -0.15) is 0 Å². The van der Waals surface area contributed by atoms with E-state index in [1.807, 2.05) is 12.1 Å². The lowest BCUT2D eigenvalue weighted by Crippen LogP contribution is -2.45. The minimum Gasteiger partial charge on any atom is -0.399 e. The summed E-state index contributed by atoms with van der Waals surface area (Å²) in [5.74, 6) is 0. The lowest BCUT2D eigenvalue weighted by Gasteiger charge is -2.37. The maximum absolute atomic E-state index is 5.77. The summed E-state index contributed by atoms with van der Waals surface area (Å²) in [6.45, 7) is 8.26. The van der Waals surface area contributed by atoms with Crippen molar-refractivity contribution in [2.75, 3.05) is 23.7 Å². The molecule has 2 atom stereocenters. The molecule has 16 heavy (non-hydrogen) atoms. The van der Waals surface area contributed by atoms with Crippen molar-refractivity contribution in [2.45, 2.75) is 33.0 Å². The standard InChI is InChI=1S/C13H20N2O/c1-9-6-12(14)4-5-13(9)15-7-10(2)16-11(3)8-15/h4-6,10-11H,7-8,14H2,1-3H3/t10-,11-/m1/s1. The fourth-order valence-electron chi connectivity index (χ4n) is 2.41. The Morgan fingerprint density at radius 1 is 1.25 bits per heavy atom. The highest BCUT2D eigenvalue weighted by Gasteiger charge is 2.23. The summed E-state index contributed by atoms with van der Waals surface area (Å²) in [5.41, 5.74) is 9.11. The minimum atomic E-state index is 0.292. The molecule has 0 saturated carbocycles. The lowest BCUT2D eigenvalue weighted by molar-refractivity contribution is -0.00524. The molecule has 1 aliphatic rings. The number of ether oxygens (including phenoxy) is 1. The van der Waals surface area contributed by atoms with Gasteiger partial charge in [0.1, 0.15) is 0 Å². The molecule has 0 radical (unpaired) electrons. The van der Waals surface area contributed by atoms with Gasteiger partial charge in [-0.05, 0) is 44.5 Å². The van der Waals surface area contributed by atoms with E-state index in [0.29, 0.717) is 12.2 Å². The van der Waals surface area contributed by atoms with Crippen LogP contribution in [0, 0.1) is 6.92 Å². The van der Waals surface area contributed by atoms with Crippen LogP contribution in [0.3, 0.4) is 0 Å². The highest BCUT2D eigenvalue weighted by molar-refractivity contribution is 5.59. The van der Waals surface area contributed by atoms with Gasteiger partial charge in [-0.1, -0.05) is 0 Å². The zero-order valence-corrected chi connectivity index (χ0v) is 10.2. The summed E-state index contributed by atoms with van der Waals surface area (Å²) in [6.07, 6.45) is 0.585. The number of benzene rings is 1. The molecular weight excluding hydrogens is 200 g/mol. The molecular formula is C13H20N2O. The van der Waals surface area contributed by atoms with E-state index in [0.717, 1.165) is 18.8 Å². The molecule has 2 N–H and O–H groups in total. The van der Waals surface area contributed by atoms with Crippen molar-refractivity contribution in [3.05, 3.63) is 23.8 Å². The Kier molecular flexibility index (Phi) is 3.06. The van der Waals surface area contributed by atoms with E-state index in [-0.39, 0.29) is 0 Å². The van der Waals surface area contributed by atoms with Gasteiger partial charge in [0.25, 0.3) is 0 Å². The number of nitrogens with zero attached hydrogens (tertiary/aromatic N) is 1. The summed E-state index contributed by atoms with van der Waals surface area (Å²) in [6, 6.07) is 6.10. The van der Waals surface area contributed by atoms with Crippen LogP contribution in [0.2, 0.25) is 0 Å². The zero-order valence-electron chi connectivity index (χ0n) is 10.2. The van der Waals surface area contributed by atoms with Crippen molar-refractivity contribution in [2.24, 2.45) is 0 Å². The number of anilines is 2. The van der Waals surface area contributed by atoms with Crippen molar-refractivity contribution >= 4 is 11.4 Å². The summed E-state index contributed by atoms with van der Waals surface area (Å²) < 4.78 is 5.74. The average Bonchev–Trinajstić information content (AvgIpc) is 2.15. The van der Waals surface area contributed by atoms with E-state index in [2.05, 4.69) is 31.7 Å². The molecule has 1 heterocycles. The molecule has 0 bridgehead atoms. The Labute approximate surface area is 97.2 Å².